The number of hydrogen-bond donors (Lipinski definition) is 0. The number of Topliss-reactive ketones (excluding diaryl/α,β-unsaturated/α-hetero) is 1. The number of halogens is 1. The molecule has 0 saturated heterocycles. The first-order valence-corrected chi connectivity index (χ1v) is 7.27. The normalized spacial score (nSPS) is 10.2. The molecule has 2 aromatic carbocycles. The molecule has 0 aliphatic heterocycles. The zero-order valence-electron chi connectivity index (χ0n) is 12.0. The lowest BCUT2D eigenvalue weighted by Gasteiger charge is -2.24. The Morgan fingerprint density at radius 3 is 2.33 bits per heavy atom. The van der Waals surface area contributed by atoms with Gasteiger partial charge in [0.25, 0.3) is 0 Å². The number of benzene rings is 2. The molecule has 0 amide bonds. The summed E-state index contributed by atoms with van der Waals surface area (Å²) in [6, 6.07) is 17.7. The maximum Gasteiger partial charge on any atom is 0.166 e. The Kier molecular flexibility index (Phi) is 5.64. The average molecular weight is 304 g/mol. The second-order valence-corrected chi connectivity index (χ2v) is 4.98. The Bertz CT molecular complexity index is 569. The minimum absolute atomic E-state index is 0.00316. The molecule has 0 fully saturated rings. The summed E-state index contributed by atoms with van der Waals surface area (Å²) >= 11 is 5.64. The van der Waals surface area contributed by atoms with Gasteiger partial charge in [0, 0.05) is 12.2 Å². The van der Waals surface area contributed by atoms with Crippen LogP contribution in [0.1, 0.15) is 5.56 Å². The third kappa shape index (κ3) is 4.50. The number of carbonyl (C=O) groups is 1. The summed E-state index contributed by atoms with van der Waals surface area (Å²) in [7, 11) is 1.63. The zero-order chi connectivity index (χ0) is 15.1. The number of alkyl halides is 1. The van der Waals surface area contributed by atoms with Crippen molar-refractivity contribution in [3.05, 3.63) is 60.2 Å². The van der Waals surface area contributed by atoms with E-state index in [-0.39, 0.29) is 11.7 Å². The molecule has 0 aliphatic rings. The van der Waals surface area contributed by atoms with Crippen molar-refractivity contribution in [2.75, 3.05) is 24.4 Å². The molecule has 0 saturated carbocycles. The van der Waals surface area contributed by atoms with Gasteiger partial charge in [-0.15, -0.1) is 11.6 Å². The van der Waals surface area contributed by atoms with Gasteiger partial charge in [-0.25, -0.2) is 0 Å². The van der Waals surface area contributed by atoms with Crippen molar-refractivity contribution in [3.8, 4) is 5.75 Å². The summed E-state index contributed by atoms with van der Waals surface area (Å²) in [6.45, 7) is 0.959. The van der Waals surface area contributed by atoms with E-state index in [0.29, 0.717) is 13.1 Å². The maximum absolute atomic E-state index is 11.7. The minimum atomic E-state index is 0.00316. The predicted molar refractivity (Wildman–Crippen MR) is 86.2 cm³/mol. The van der Waals surface area contributed by atoms with Crippen molar-refractivity contribution in [2.45, 2.75) is 6.54 Å². The van der Waals surface area contributed by atoms with Gasteiger partial charge in [-0.05, 0) is 29.8 Å². The molecule has 4 heteroatoms. The molecule has 0 unspecified atom stereocenters. The lowest BCUT2D eigenvalue weighted by Crippen LogP contribution is -2.30. The summed E-state index contributed by atoms with van der Waals surface area (Å²) < 4.78 is 5.16. The van der Waals surface area contributed by atoms with Crippen LogP contribution < -0.4 is 9.64 Å². The van der Waals surface area contributed by atoms with Crippen LogP contribution in [0, 0.1) is 0 Å². The quantitative estimate of drug-likeness (QED) is 0.733. The second kappa shape index (κ2) is 7.70. The Morgan fingerprint density at radius 1 is 1.10 bits per heavy atom. The van der Waals surface area contributed by atoms with Crippen LogP contribution in [0.3, 0.4) is 0 Å². The van der Waals surface area contributed by atoms with Gasteiger partial charge in [0.05, 0.1) is 19.5 Å². The first-order valence-electron chi connectivity index (χ1n) is 6.73. The van der Waals surface area contributed by atoms with Gasteiger partial charge in [-0.2, -0.15) is 0 Å². The Labute approximate surface area is 130 Å². The van der Waals surface area contributed by atoms with E-state index >= 15 is 0 Å². The fourth-order valence-electron chi connectivity index (χ4n) is 2.09. The predicted octanol–water partition coefficient (Wildman–Crippen LogP) is 3.51. The number of methoxy groups -OCH3 is 1. The molecular weight excluding hydrogens is 286 g/mol. The first kappa shape index (κ1) is 15.4. The molecule has 110 valence electrons. The molecule has 0 heterocycles. The molecule has 0 N–H and O–H groups in total. The van der Waals surface area contributed by atoms with Crippen molar-refractivity contribution >= 4 is 23.1 Å². The van der Waals surface area contributed by atoms with Crippen LogP contribution >= 0.6 is 11.6 Å². The van der Waals surface area contributed by atoms with Crippen LogP contribution in [0.15, 0.2) is 54.6 Å². The van der Waals surface area contributed by atoms with Gasteiger partial charge in [0.2, 0.25) is 0 Å². The van der Waals surface area contributed by atoms with E-state index < -0.39 is 0 Å². The molecule has 0 aliphatic carbocycles. The van der Waals surface area contributed by atoms with E-state index in [2.05, 4.69) is 0 Å². The van der Waals surface area contributed by atoms with E-state index in [1.165, 1.54) is 0 Å². The highest BCUT2D eigenvalue weighted by Crippen LogP contribution is 2.21. The summed E-state index contributed by atoms with van der Waals surface area (Å²) in [6.07, 6.45) is 0. The molecule has 0 bridgehead atoms. The van der Waals surface area contributed by atoms with Crippen molar-refractivity contribution in [1.29, 1.82) is 0 Å². The van der Waals surface area contributed by atoms with E-state index in [1.807, 2.05) is 59.5 Å². The maximum atomic E-state index is 11.7. The highest BCUT2D eigenvalue weighted by Gasteiger charge is 2.12. The smallest absolute Gasteiger partial charge is 0.166 e. The molecule has 2 rings (SSSR count). The summed E-state index contributed by atoms with van der Waals surface area (Å²) in [5.41, 5.74) is 2.12. The fourth-order valence-corrected chi connectivity index (χ4v) is 2.17. The average Bonchev–Trinajstić information content (AvgIpc) is 2.55. The SMILES string of the molecule is COc1ccc(N(CC(=O)CCl)Cc2ccccc2)cc1. The minimum Gasteiger partial charge on any atom is -0.497 e. The Balaban J connectivity index is 2.19. The fraction of sp³-hybridized carbons (Fsp3) is 0.235. The largest absolute Gasteiger partial charge is 0.497 e. The molecule has 0 aromatic heterocycles. The van der Waals surface area contributed by atoms with Crippen molar-refractivity contribution in [2.24, 2.45) is 0 Å². The number of anilines is 1. The van der Waals surface area contributed by atoms with Gasteiger partial charge in [0.15, 0.2) is 5.78 Å². The molecule has 2 aromatic rings. The number of carbonyl (C=O) groups excluding carboxylic acids is 1. The lowest BCUT2D eigenvalue weighted by atomic mass is 10.2. The molecule has 0 radical (unpaired) electrons. The van der Waals surface area contributed by atoms with Crippen molar-refractivity contribution in [3.63, 3.8) is 0 Å². The van der Waals surface area contributed by atoms with Crippen LogP contribution in [0.4, 0.5) is 5.69 Å². The highest BCUT2D eigenvalue weighted by atomic mass is 35.5. The van der Waals surface area contributed by atoms with Gasteiger partial charge in [-0.3, -0.25) is 4.79 Å². The van der Waals surface area contributed by atoms with E-state index in [1.54, 1.807) is 7.11 Å². The van der Waals surface area contributed by atoms with Crippen LogP contribution in [0.2, 0.25) is 0 Å². The van der Waals surface area contributed by atoms with Crippen molar-refractivity contribution in [1.82, 2.24) is 0 Å². The first-order chi connectivity index (χ1) is 10.2. The zero-order valence-corrected chi connectivity index (χ0v) is 12.7. The standard InChI is InChI=1S/C17H18ClNO2/c1-21-17-9-7-15(8-10-17)19(13-16(20)11-18)12-14-5-3-2-4-6-14/h2-10H,11-13H2,1H3. The van der Waals surface area contributed by atoms with E-state index in [4.69, 9.17) is 16.3 Å². The number of ether oxygens (including phenoxy) is 1. The number of ketones is 1. The third-order valence-corrected chi connectivity index (χ3v) is 3.47. The molecule has 0 spiro atoms. The van der Waals surface area contributed by atoms with Crippen LogP contribution in [0.5, 0.6) is 5.75 Å². The van der Waals surface area contributed by atoms with Gasteiger partial charge < -0.3 is 9.64 Å². The van der Waals surface area contributed by atoms with Gasteiger partial charge in [-0.1, -0.05) is 30.3 Å². The van der Waals surface area contributed by atoms with E-state index in [0.717, 1.165) is 17.0 Å². The Hall–Kier alpha value is -2.00. The Morgan fingerprint density at radius 2 is 1.76 bits per heavy atom. The number of nitrogens with zero attached hydrogens (tertiary/aromatic N) is 1. The molecular formula is C17H18ClNO2. The van der Waals surface area contributed by atoms with Crippen LogP contribution in [-0.2, 0) is 11.3 Å². The van der Waals surface area contributed by atoms with Gasteiger partial charge >= 0.3 is 0 Å². The third-order valence-electron chi connectivity index (χ3n) is 3.17. The highest BCUT2D eigenvalue weighted by molar-refractivity contribution is 6.28. The molecule has 21 heavy (non-hydrogen) atoms. The van der Waals surface area contributed by atoms with Crippen molar-refractivity contribution < 1.29 is 9.53 Å². The monoisotopic (exact) mass is 303 g/mol. The number of hydrogen-bond acceptors (Lipinski definition) is 3. The van der Waals surface area contributed by atoms with E-state index in [9.17, 15) is 4.79 Å². The van der Waals surface area contributed by atoms with Crippen LogP contribution in [-0.4, -0.2) is 25.3 Å². The summed E-state index contributed by atoms with van der Waals surface area (Å²) in [5, 5.41) is 0. The van der Waals surface area contributed by atoms with Crippen LogP contribution in [0.25, 0.3) is 0 Å². The summed E-state index contributed by atoms with van der Waals surface area (Å²) in [4.78, 5) is 13.7. The lowest BCUT2D eigenvalue weighted by molar-refractivity contribution is -0.115. The summed E-state index contributed by atoms with van der Waals surface area (Å²) in [5.74, 6) is 0.826. The molecule has 3 nitrogen and oxygen atoms in total. The second-order valence-electron chi connectivity index (χ2n) is 4.71. The van der Waals surface area contributed by atoms with Gasteiger partial charge in [0.1, 0.15) is 5.75 Å². The molecule has 0 atom stereocenters. The number of rotatable bonds is 7. The topological polar surface area (TPSA) is 29.5 Å².